The van der Waals surface area contributed by atoms with Crippen LogP contribution in [0, 0.1) is 5.82 Å². The van der Waals surface area contributed by atoms with Crippen molar-refractivity contribution in [3.05, 3.63) is 47.2 Å². The number of hydrogen-bond donors (Lipinski definition) is 1. The van der Waals surface area contributed by atoms with Gasteiger partial charge < -0.3 is 10.2 Å². The minimum absolute atomic E-state index is 0.0453. The summed E-state index contributed by atoms with van der Waals surface area (Å²) in [6, 6.07) is 5.70. The zero-order chi connectivity index (χ0) is 16.9. The number of likely N-dealkylation sites (tertiary alicyclic amines) is 1. The summed E-state index contributed by atoms with van der Waals surface area (Å²) in [6.07, 6.45) is 3.96. The Morgan fingerprint density at radius 2 is 2.12 bits per heavy atom. The van der Waals surface area contributed by atoms with E-state index in [4.69, 9.17) is 0 Å². The van der Waals surface area contributed by atoms with E-state index in [9.17, 15) is 14.0 Å². The van der Waals surface area contributed by atoms with Crippen molar-refractivity contribution in [1.82, 2.24) is 9.88 Å². The van der Waals surface area contributed by atoms with E-state index in [0.717, 1.165) is 12.0 Å². The third-order valence-corrected chi connectivity index (χ3v) is 4.77. The first-order valence-electron chi connectivity index (χ1n) is 7.88. The minimum atomic E-state index is -0.436. The van der Waals surface area contributed by atoms with Gasteiger partial charge in [-0.3, -0.25) is 9.59 Å². The van der Waals surface area contributed by atoms with Crippen LogP contribution < -0.4 is 5.32 Å². The number of carbonyl (C=O) groups excluding carboxylic acids is 2. The number of nitrogens with one attached hydrogen (secondary N) is 1. The van der Waals surface area contributed by atoms with Gasteiger partial charge in [0.1, 0.15) is 11.9 Å². The van der Waals surface area contributed by atoms with Gasteiger partial charge in [-0.25, -0.2) is 9.37 Å². The molecule has 1 aliphatic rings. The zero-order valence-corrected chi connectivity index (χ0v) is 13.9. The van der Waals surface area contributed by atoms with Gasteiger partial charge in [-0.15, -0.1) is 11.3 Å². The molecule has 1 fully saturated rings. The second-order valence-electron chi connectivity index (χ2n) is 5.70. The third kappa shape index (κ3) is 3.97. The van der Waals surface area contributed by atoms with Crippen LogP contribution in [0.3, 0.4) is 0 Å². The molecule has 1 saturated heterocycles. The van der Waals surface area contributed by atoms with Gasteiger partial charge in [0.15, 0.2) is 5.13 Å². The largest absolute Gasteiger partial charge is 0.331 e. The highest BCUT2D eigenvalue weighted by Crippen LogP contribution is 2.21. The maximum Gasteiger partial charge on any atom is 0.248 e. The smallest absolute Gasteiger partial charge is 0.248 e. The molecular weight excluding hydrogens is 329 g/mol. The summed E-state index contributed by atoms with van der Waals surface area (Å²) in [5.41, 5.74) is 0.910. The van der Waals surface area contributed by atoms with Crippen molar-refractivity contribution < 1.29 is 14.0 Å². The molecule has 1 atom stereocenters. The minimum Gasteiger partial charge on any atom is -0.331 e. The number of benzene rings is 1. The molecule has 24 heavy (non-hydrogen) atoms. The van der Waals surface area contributed by atoms with Gasteiger partial charge in [0.2, 0.25) is 11.8 Å². The van der Waals surface area contributed by atoms with Crippen LogP contribution in [-0.2, 0) is 16.0 Å². The number of anilines is 1. The van der Waals surface area contributed by atoms with Crippen LogP contribution in [0.4, 0.5) is 9.52 Å². The molecule has 2 aromatic rings. The van der Waals surface area contributed by atoms with Crippen molar-refractivity contribution in [3.8, 4) is 0 Å². The summed E-state index contributed by atoms with van der Waals surface area (Å²) >= 11 is 1.35. The Labute approximate surface area is 143 Å². The van der Waals surface area contributed by atoms with E-state index < -0.39 is 6.04 Å². The molecule has 3 rings (SSSR count). The Kier molecular flexibility index (Phi) is 5.20. The predicted octanol–water partition coefficient (Wildman–Crippen LogP) is 2.84. The fraction of sp³-hybridized carbons (Fsp3) is 0.353. The second-order valence-corrected chi connectivity index (χ2v) is 6.59. The van der Waals surface area contributed by atoms with E-state index in [0.29, 0.717) is 30.9 Å². The summed E-state index contributed by atoms with van der Waals surface area (Å²) < 4.78 is 12.9. The quantitative estimate of drug-likeness (QED) is 0.905. The molecule has 5 nitrogen and oxygen atoms in total. The van der Waals surface area contributed by atoms with Crippen molar-refractivity contribution in [3.63, 3.8) is 0 Å². The van der Waals surface area contributed by atoms with Crippen molar-refractivity contribution in [2.75, 3.05) is 11.9 Å². The first-order valence-corrected chi connectivity index (χ1v) is 8.76. The Bertz CT molecular complexity index is 703. The number of hydrogen-bond acceptors (Lipinski definition) is 4. The van der Waals surface area contributed by atoms with Crippen LogP contribution in [0.1, 0.15) is 24.8 Å². The fourth-order valence-electron chi connectivity index (χ4n) is 2.86. The average molecular weight is 347 g/mol. The normalized spacial score (nSPS) is 17.0. The standard InChI is InChI=1S/C17H18FN3O2S/c18-13-6-3-12(4-7-13)5-8-15(22)21-10-1-2-14(21)16(23)20-17-19-9-11-24-17/h3-4,6-7,9,11,14H,1-2,5,8,10H2,(H,19,20,23)/t14-/m0/s1. The molecule has 0 unspecified atom stereocenters. The fourth-order valence-corrected chi connectivity index (χ4v) is 3.39. The predicted molar refractivity (Wildman–Crippen MR) is 90.2 cm³/mol. The van der Waals surface area contributed by atoms with Gasteiger partial charge in [0.25, 0.3) is 0 Å². The molecule has 0 bridgehead atoms. The average Bonchev–Trinajstić information content (AvgIpc) is 3.25. The monoisotopic (exact) mass is 347 g/mol. The first kappa shape index (κ1) is 16.6. The van der Waals surface area contributed by atoms with Crippen LogP contribution >= 0.6 is 11.3 Å². The molecule has 1 aliphatic heterocycles. The van der Waals surface area contributed by atoms with E-state index in [1.54, 1.807) is 28.6 Å². The SMILES string of the molecule is O=C(Nc1nccs1)[C@@H]1CCCN1C(=O)CCc1ccc(F)cc1. The third-order valence-electron chi connectivity index (χ3n) is 4.08. The number of carbonyl (C=O) groups is 2. The molecule has 0 radical (unpaired) electrons. The van der Waals surface area contributed by atoms with E-state index in [1.165, 1.54) is 23.5 Å². The summed E-state index contributed by atoms with van der Waals surface area (Å²) in [4.78, 5) is 30.5. The molecule has 1 aromatic carbocycles. The Balaban J connectivity index is 1.56. The van der Waals surface area contributed by atoms with Gasteiger partial charge in [-0.1, -0.05) is 12.1 Å². The van der Waals surface area contributed by atoms with E-state index in [-0.39, 0.29) is 17.6 Å². The lowest BCUT2D eigenvalue weighted by atomic mass is 10.1. The van der Waals surface area contributed by atoms with Crippen molar-refractivity contribution in [1.29, 1.82) is 0 Å². The van der Waals surface area contributed by atoms with Crippen LogP contribution in [0.15, 0.2) is 35.8 Å². The molecule has 2 heterocycles. The van der Waals surface area contributed by atoms with E-state index >= 15 is 0 Å². The van der Waals surface area contributed by atoms with E-state index in [1.807, 2.05) is 0 Å². The summed E-state index contributed by atoms with van der Waals surface area (Å²) in [7, 11) is 0. The highest BCUT2D eigenvalue weighted by atomic mass is 32.1. The van der Waals surface area contributed by atoms with Crippen LogP contribution in [0.2, 0.25) is 0 Å². The number of nitrogens with zero attached hydrogens (tertiary/aromatic N) is 2. The van der Waals surface area contributed by atoms with Gasteiger partial charge in [0, 0.05) is 24.5 Å². The molecule has 1 N–H and O–H groups in total. The Morgan fingerprint density at radius 3 is 2.83 bits per heavy atom. The van der Waals surface area contributed by atoms with Crippen LogP contribution in [-0.4, -0.2) is 34.3 Å². The second kappa shape index (κ2) is 7.53. The van der Waals surface area contributed by atoms with Gasteiger partial charge >= 0.3 is 0 Å². The topological polar surface area (TPSA) is 62.3 Å². The zero-order valence-electron chi connectivity index (χ0n) is 13.1. The number of thiazole rings is 1. The lowest BCUT2D eigenvalue weighted by Gasteiger charge is -2.23. The van der Waals surface area contributed by atoms with Crippen LogP contribution in [0.5, 0.6) is 0 Å². The lowest BCUT2D eigenvalue weighted by molar-refractivity contribution is -0.136. The molecule has 2 amide bonds. The summed E-state index contributed by atoms with van der Waals surface area (Å²) in [5, 5.41) is 5.10. The number of aryl methyl sites for hydroxylation is 1. The summed E-state index contributed by atoms with van der Waals surface area (Å²) in [5.74, 6) is -0.516. The molecule has 0 saturated carbocycles. The highest BCUT2D eigenvalue weighted by Gasteiger charge is 2.33. The first-order chi connectivity index (χ1) is 11.6. The molecule has 126 valence electrons. The number of aromatic nitrogens is 1. The van der Waals surface area contributed by atoms with E-state index in [2.05, 4.69) is 10.3 Å². The molecule has 0 aliphatic carbocycles. The molecular formula is C17H18FN3O2S. The van der Waals surface area contributed by atoms with Gasteiger partial charge in [-0.05, 0) is 37.0 Å². The van der Waals surface area contributed by atoms with Crippen molar-refractivity contribution in [2.45, 2.75) is 31.7 Å². The number of amides is 2. The van der Waals surface area contributed by atoms with Crippen molar-refractivity contribution in [2.24, 2.45) is 0 Å². The Hall–Kier alpha value is -2.28. The van der Waals surface area contributed by atoms with Gasteiger partial charge in [0.05, 0.1) is 0 Å². The molecule has 1 aromatic heterocycles. The highest BCUT2D eigenvalue weighted by molar-refractivity contribution is 7.13. The van der Waals surface area contributed by atoms with Crippen molar-refractivity contribution >= 4 is 28.3 Å². The van der Waals surface area contributed by atoms with Gasteiger partial charge in [-0.2, -0.15) is 0 Å². The Morgan fingerprint density at radius 1 is 1.33 bits per heavy atom. The lowest BCUT2D eigenvalue weighted by Crippen LogP contribution is -2.43. The maximum atomic E-state index is 12.9. The van der Waals surface area contributed by atoms with Crippen LogP contribution in [0.25, 0.3) is 0 Å². The number of rotatable bonds is 5. The molecule has 0 spiro atoms. The number of halogens is 1. The summed E-state index contributed by atoms with van der Waals surface area (Å²) in [6.45, 7) is 0.595. The maximum absolute atomic E-state index is 12.9. The molecule has 7 heteroatoms.